The van der Waals surface area contributed by atoms with Gasteiger partial charge in [-0.1, -0.05) is 53.4 Å². The van der Waals surface area contributed by atoms with Crippen LogP contribution in [0.15, 0.2) is 0 Å². The highest BCUT2D eigenvalue weighted by Gasteiger charge is 2.30. The predicted molar refractivity (Wildman–Crippen MR) is 77.3 cm³/mol. The molecule has 102 valence electrons. The second-order valence-electron chi connectivity index (χ2n) is 6.14. The Bertz CT molecular complexity index is 190. The van der Waals surface area contributed by atoms with Crippen LogP contribution in [0.1, 0.15) is 72.6 Å². The van der Waals surface area contributed by atoms with Crippen LogP contribution in [-0.2, 0) is 0 Å². The molecule has 17 heavy (non-hydrogen) atoms. The van der Waals surface area contributed by atoms with Gasteiger partial charge in [-0.3, -0.25) is 0 Å². The fraction of sp³-hybridized carbons (Fsp3) is 1.00. The minimum absolute atomic E-state index is 0.790. The summed E-state index contributed by atoms with van der Waals surface area (Å²) in [5.74, 6) is 2.87. The molecule has 1 fully saturated rings. The summed E-state index contributed by atoms with van der Waals surface area (Å²) in [6.45, 7) is 10.5. The van der Waals surface area contributed by atoms with E-state index in [1.54, 1.807) is 0 Å². The molecule has 0 bridgehead atoms. The van der Waals surface area contributed by atoms with Crippen molar-refractivity contribution in [3.05, 3.63) is 0 Å². The van der Waals surface area contributed by atoms with Crippen molar-refractivity contribution < 1.29 is 0 Å². The van der Waals surface area contributed by atoms with Gasteiger partial charge in [-0.25, -0.2) is 0 Å². The topological polar surface area (TPSA) is 12.0 Å². The standard InChI is InChI=1S/C16H33N/c1-5-8-13(4)11-16(17-7-3)15-10-9-14(6-2)12-15/h13-17H,5-12H2,1-4H3. The number of nitrogens with one attached hydrogen (secondary N) is 1. The summed E-state index contributed by atoms with van der Waals surface area (Å²) in [6, 6.07) is 0.790. The highest BCUT2D eigenvalue weighted by molar-refractivity contribution is 4.85. The molecule has 0 aromatic carbocycles. The van der Waals surface area contributed by atoms with Crippen molar-refractivity contribution in [2.24, 2.45) is 17.8 Å². The van der Waals surface area contributed by atoms with Crippen LogP contribution in [0, 0.1) is 17.8 Å². The Morgan fingerprint density at radius 3 is 2.47 bits per heavy atom. The second-order valence-corrected chi connectivity index (χ2v) is 6.14. The molecule has 1 saturated carbocycles. The molecule has 4 unspecified atom stereocenters. The molecule has 1 heteroatoms. The van der Waals surface area contributed by atoms with Gasteiger partial charge in [0.25, 0.3) is 0 Å². The van der Waals surface area contributed by atoms with Crippen molar-refractivity contribution in [2.75, 3.05) is 6.54 Å². The molecule has 1 aliphatic rings. The van der Waals surface area contributed by atoms with Crippen molar-refractivity contribution in [3.8, 4) is 0 Å². The van der Waals surface area contributed by atoms with E-state index in [9.17, 15) is 0 Å². The molecule has 0 aliphatic heterocycles. The average Bonchev–Trinajstić information content (AvgIpc) is 2.77. The van der Waals surface area contributed by atoms with E-state index >= 15 is 0 Å². The van der Waals surface area contributed by atoms with E-state index in [-0.39, 0.29) is 0 Å². The molecule has 1 rings (SSSR count). The minimum atomic E-state index is 0.790. The first-order chi connectivity index (χ1) is 8.21. The second kappa shape index (κ2) is 8.13. The van der Waals surface area contributed by atoms with Gasteiger partial charge in [-0.05, 0) is 43.6 Å². The van der Waals surface area contributed by atoms with E-state index in [2.05, 4.69) is 33.0 Å². The lowest BCUT2D eigenvalue weighted by molar-refractivity contribution is 0.290. The van der Waals surface area contributed by atoms with Crippen LogP contribution in [-0.4, -0.2) is 12.6 Å². The Labute approximate surface area is 109 Å². The molecule has 1 nitrogen and oxygen atoms in total. The lowest BCUT2D eigenvalue weighted by Gasteiger charge is -2.27. The van der Waals surface area contributed by atoms with E-state index < -0.39 is 0 Å². The maximum Gasteiger partial charge on any atom is 0.00978 e. The van der Waals surface area contributed by atoms with E-state index in [0.717, 1.165) is 30.3 Å². The van der Waals surface area contributed by atoms with Gasteiger partial charge in [-0.15, -0.1) is 0 Å². The van der Waals surface area contributed by atoms with Gasteiger partial charge in [0.15, 0.2) is 0 Å². The third-order valence-electron chi connectivity index (χ3n) is 4.63. The fourth-order valence-electron chi connectivity index (χ4n) is 3.60. The van der Waals surface area contributed by atoms with Gasteiger partial charge in [0.1, 0.15) is 0 Å². The maximum absolute atomic E-state index is 3.76. The molecule has 0 spiro atoms. The summed E-state index contributed by atoms with van der Waals surface area (Å²) >= 11 is 0. The van der Waals surface area contributed by atoms with Crippen molar-refractivity contribution in [1.82, 2.24) is 5.32 Å². The zero-order valence-electron chi connectivity index (χ0n) is 12.5. The average molecular weight is 239 g/mol. The number of rotatable bonds is 8. The minimum Gasteiger partial charge on any atom is -0.314 e. The molecular weight excluding hydrogens is 206 g/mol. The van der Waals surface area contributed by atoms with E-state index in [4.69, 9.17) is 0 Å². The SMILES string of the molecule is CCCC(C)CC(NCC)C1CCC(CC)C1. The maximum atomic E-state index is 3.76. The summed E-state index contributed by atoms with van der Waals surface area (Å²) in [7, 11) is 0. The third-order valence-corrected chi connectivity index (χ3v) is 4.63. The molecular formula is C16H33N. The Morgan fingerprint density at radius 2 is 1.94 bits per heavy atom. The zero-order valence-corrected chi connectivity index (χ0v) is 12.5. The molecule has 4 atom stereocenters. The summed E-state index contributed by atoms with van der Waals surface area (Å²) in [5, 5.41) is 3.76. The van der Waals surface area contributed by atoms with Crippen molar-refractivity contribution in [2.45, 2.75) is 78.7 Å². The summed E-state index contributed by atoms with van der Waals surface area (Å²) in [5.41, 5.74) is 0. The van der Waals surface area contributed by atoms with Crippen molar-refractivity contribution in [1.29, 1.82) is 0 Å². The molecule has 0 saturated heterocycles. The first kappa shape index (κ1) is 15.0. The van der Waals surface area contributed by atoms with E-state index in [1.807, 2.05) is 0 Å². The van der Waals surface area contributed by atoms with Gasteiger partial charge in [0, 0.05) is 6.04 Å². The highest BCUT2D eigenvalue weighted by atomic mass is 14.9. The predicted octanol–water partition coefficient (Wildman–Crippen LogP) is 4.62. The van der Waals surface area contributed by atoms with E-state index in [0.29, 0.717) is 0 Å². The van der Waals surface area contributed by atoms with Crippen LogP contribution in [0.3, 0.4) is 0 Å². The summed E-state index contributed by atoms with van der Waals surface area (Å²) < 4.78 is 0. The number of hydrogen-bond donors (Lipinski definition) is 1. The Balaban J connectivity index is 2.42. The van der Waals surface area contributed by atoms with Crippen LogP contribution < -0.4 is 5.32 Å². The molecule has 0 aromatic rings. The van der Waals surface area contributed by atoms with Gasteiger partial charge in [0.2, 0.25) is 0 Å². The molecule has 0 radical (unpaired) electrons. The largest absolute Gasteiger partial charge is 0.314 e. The van der Waals surface area contributed by atoms with Crippen LogP contribution in [0.5, 0.6) is 0 Å². The van der Waals surface area contributed by atoms with Gasteiger partial charge < -0.3 is 5.32 Å². The molecule has 0 amide bonds. The molecule has 1 aliphatic carbocycles. The van der Waals surface area contributed by atoms with E-state index in [1.165, 1.54) is 44.9 Å². The fourth-order valence-corrected chi connectivity index (χ4v) is 3.60. The Morgan fingerprint density at radius 1 is 1.18 bits per heavy atom. The first-order valence-electron chi connectivity index (χ1n) is 7.94. The van der Waals surface area contributed by atoms with Gasteiger partial charge >= 0.3 is 0 Å². The van der Waals surface area contributed by atoms with Crippen LogP contribution in [0.2, 0.25) is 0 Å². The Hall–Kier alpha value is -0.0400. The zero-order chi connectivity index (χ0) is 12.7. The van der Waals surface area contributed by atoms with Crippen LogP contribution >= 0.6 is 0 Å². The Kier molecular flexibility index (Phi) is 7.18. The van der Waals surface area contributed by atoms with Gasteiger partial charge in [-0.2, -0.15) is 0 Å². The smallest absolute Gasteiger partial charge is 0.00978 e. The lowest BCUT2D eigenvalue weighted by Crippen LogP contribution is -2.36. The quantitative estimate of drug-likeness (QED) is 0.652. The molecule has 0 heterocycles. The number of hydrogen-bond acceptors (Lipinski definition) is 1. The molecule has 0 aromatic heterocycles. The normalized spacial score (nSPS) is 28.2. The first-order valence-corrected chi connectivity index (χ1v) is 7.94. The highest BCUT2D eigenvalue weighted by Crippen LogP contribution is 2.36. The summed E-state index contributed by atoms with van der Waals surface area (Å²) in [4.78, 5) is 0. The summed E-state index contributed by atoms with van der Waals surface area (Å²) in [6.07, 6.45) is 9.93. The van der Waals surface area contributed by atoms with Gasteiger partial charge in [0.05, 0.1) is 0 Å². The lowest BCUT2D eigenvalue weighted by atomic mass is 9.87. The monoisotopic (exact) mass is 239 g/mol. The molecule has 1 N–H and O–H groups in total. The van der Waals surface area contributed by atoms with Crippen molar-refractivity contribution in [3.63, 3.8) is 0 Å². The third kappa shape index (κ3) is 4.99. The van der Waals surface area contributed by atoms with Crippen LogP contribution in [0.25, 0.3) is 0 Å². The van der Waals surface area contributed by atoms with Crippen molar-refractivity contribution >= 4 is 0 Å². The van der Waals surface area contributed by atoms with Crippen LogP contribution in [0.4, 0.5) is 0 Å².